The molecule has 0 bridgehead atoms. The second-order valence-corrected chi connectivity index (χ2v) is 6.52. The first-order chi connectivity index (χ1) is 11.6. The van der Waals surface area contributed by atoms with Gasteiger partial charge in [-0.25, -0.2) is 4.98 Å². The number of aryl methyl sites for hydroxylation is 2. The van der Waals surface area contributed by atoms with Crippen LogP contribution in [0.5, 0.6) is 0 Å². The Kier molecular flexibility index (Phi) is 4.71. The summed E-state index contributed by atoms with van der Waals surface area (Å²) in [5.41, 5.74) is 1.54. The van der Waals surface area contributed by atoms with Crippen molar-refractivity contribution in [3.8, 4) is 0 Å². The maximum atomic E-state index is 12.5. The molecule has 0 atom stereocenters. The molecular weight excluding hydrogens is 324 g/mol. The number of carbonyl (C=O) groups excluding carboxylic acids is 1. The number of amides is 1. The van der Waals surface area contributed by atoms with E-state index in [1.165, 1.54) is 11.3 Å². The number of nitrogens with zero attached hydrogens (tertiary/aromatic N) is 3. The van der Waals surface area contributed by atoms with Gasteiger partial charge in [-0.05, 0) is 30.5 Å². The number of hydrogen-bond acceptors (Lipinski definition) is 5. The van der Waals surface area contributed by atoms with Crippen molar-refractivity contribution in [2.45, 2.75) is 33.4 Å². The van der Waals surface area contributed by atoms with Crippen LogP contribution in [0.3, 0.4) is 0 Å². The van der Waals surface area contributed by atoms with Crippen LogP contribution in [0.1, 0.15) is 34.1 Å². The predicted molar refractivity (Wildman–Crippen MR) is 94.3 cm³/mol. The van der Waals surface area contributed by atoms with Crippen molar-refractivity contribution >= 4 is 27.5 Å². The average molecular weight is 342 g/mol. The molecule has 0 aliphatic heterocycles. The van der Waals surface area contributed by atoms with Crippen molar-refractivity contribution in [2.75, 3.05) is 0 Å². The Bertz CT molecular complexity index is 931. The first-order valence-electron chi connectivity index (χ1n) is 7.77. The highest BCUT2D eigenvalue weighted by Gasteiger charge is 2.19. The maximum absolute atomic E-state index is 12.5. The summed E-state index contributed by atoms with van der Waals surface area (Å²) in [7, 11) is 0. The summed E-state index contributed by atoms with van der Waals surface area (Å²) in [6, 6.07) is 3.72. The molecule has 1 N–H and O–H groups in total. The van der Waals surface area contributed by atoms with E-state index in [1.807, 2.05) is 19.1 Å². The molecule has 0 aliphatic rings. The zero-order chi connectivity index (χ0) is 17.1. The van der Waals surface area contributed by atoms with Crippen molar-refractivity contribution in [2.24, 2.45) is 0 Å². The highest BCUT2D eigenvalue weighted by Crippen LogP contribution is 2.26. The lowest BCUT2D eigenvalue weighted by atomic mass is 10.2. The third kappa shape index (κ3) is 3.07. The first kappa shape index (κ1) is 16.3. The highest BCUT2D eigenvalue weighted by atomic mass is 32.1. The van der Waals surface area contributed by atoms with Crippen molar-refractivity contribution in [3.05, 3.63) is 57.2 Å². The minimum atomic E-state index is -0.194. The summed E-state index contributed by atoms with van der Waals surface area (Å²) < 4.78 is 1.60. The van der Waals surface area contributed by atoms with E-state index in [0.29, 0.717) is 33.7 Å². The lowest BCUT2D eigenvalue weighted by Crippen LogP contribution is -2.23. The Morgan fingerprint density at radius 1 is 1.42 bits per heavy atom. The van der Waals surface area contributed by atoms with E-state index >= 15 is 0 Å². The molecular formula is C17H18N4O2S. The van der Waals surface area contributed by atoms with Crippen molar-refractivity contribution in [1.29, 1.82) is 0 Å². The van der Waals surface area contributed by atoms with Gasteiger partial charge in [0.2, 0.25) is 0 Å². The molecule has 6 nitrogen and oxygen atoms in total. The van der Waals surface area contributed by atoms with Gasteiger partial charge in [0.25, 0.3) is 11.5 Å². The molecule has 7 heteroatoms. The van der Waals surface area contributed by atoms with Crippen molar-refractivity contribution < 1.29 is 4.79 Å². The zero-order valence-corrected chi connectivity index (χ0v) is 14.4. The lowest BCUT2D eigenvalue weighted by Gasteiger charge is -2.04. The smallest absolute Gasteiger partial charge is 0.262 e. The fraction of sp³-hybridized carbons (Fsp3) is 0.294. The van der Waals surface area contributed by atoms with E-state index in [2.05, 4.69) is 15.3 Å². The van der Waals surface area contributed by atoms with Crippen LogP contribution in [-0.4, -0.2) is 20.4 Å². The summed E-state index contributed by atoms with van der Waals surface area (Å²) in [4.78, 5) is 34.5. The van der Waals surface area contributed by atoms with Gasteiger partial charge in [0.05, 0.1) is 16.6 Å². The third-order valence-corrected chi connectivity index (χ3v) is 4.96. The standard InChI is InChI=1S/C17H18N4O2S/c1-3-7-21-10-20-16-13(17(21)23)11(2)14(24-16)15(22)19-9-12-5-4-6-18-8-12/h4-6,8,10H,3,7,9H2,1-2H3,(H,19,22). The van der Waals surface area contributed by atoms with Crippen molar-refractivity contribution in [3.63, 3.8) is 0 Å². The van der Waals surface area contributed by atoms with Crippen LogP contribution in [0.15, 0.2) is 35.6 Å². The van der Waals surface area contributed by atoms with Gasteiger partial charge in [-0.1, -0.05) is 13.0 Å². The van der Waals surface area contributed by atoms with Crippen LogP contribution in [-0.2, 0) is 13.1 Å². The van der Waals surface area contributed by atoms with Gasteiger partial charge in [-0.15, -0.1) is 11.3 Å². The monoisotopic (exact) mass is 342 g/mol. The fourth-order valence-corrected chi connectivity index (χ4v) is 3.60. The lowest BCUT2D eigenvalue weighted by molar-refractivity contribution is 0.0954. The number of hydrogen-bond donors (Lipinski definition) is 1. The molecule has 0 aliphatic carbocycles. The van der Waals surface area contributed by atoms with Gasteiger partial charge in [0.1, 0.15) is 4.83 Å². The number of carbonyl (C=O) groups is 1. The molecule has 0 fully saturated rings. The summed E-state index contributed by atoms with van der Waals surface area (Å²) in [5, 5.41) is 3.42. The van der Waals surface area contributed by atoms with Crippen molar-refractivity contribution in [1.82, 2.24) is 19.9 Å². The number of nitrogens with one attached hydrogen (secondary N) is 1. The molecule has 0 aromatic carbocycles. The molecule has 0 radical (unpaired) electrons. The molecule has 3 heterocycles. The molecule has 0 unspecified atom stereocenters. The van der Waals surface area contributed by atoms with Gasteiger partial charge >= 0.3 is 0 Å². The van der Waals surface area contributed by atoms with Gasteiger partial charge in [-0.2, -0.15) is 0 Å². The Balaban J connectivity index is 1.89. The predicted octanol–water partition coefficient (Wildman–Crippen LogP) is 2.50. The van der Waals surface area contributed by atoms with Crippen LogP contribution < -0.4 is 10.9 Å². The van der Waals surface area contributed by atoms with Gasteiger partial charge in [-0.3, -0.25) is 19.1 Å². The summed E-state index contributed by atoms with van der Waals surface area (Å²) >= 11 is 1.26. The quantitative estimate of drug-likeness (QED) is 0.773. The Morgan fingerprint density at radius 3 is 2.96 bits per heavy atom. The van der Waals surface area contributed by atoms with Crippen LogP contribution in [0, 0.1) is 6.92 Å². The normalized spacial score (nSPS) is 10.9. The molecule has 0 spiro atoms. The largest absolute Gasteiger partial charge is 0.347 e. The van der Waals surface area contributed by atoms with Gasteiger partial charge in [0.15, 0.2) is 0 Å². The number of pyridine rings is 1. The Labute approximate surface area is 143 Å². The minimum Gasteiger partial charge on any atom is -0.347 e. The van der Waals surface area contributed by atoms with Crippen LogP contribution >= 0.6 is 11.3 Å². The summed E-state index contributed by atoms with van der Waals surface area (Å²) in [6.45, 7) is 4.83. The van der Waals surface area contributed by atoms with Crippen LogP contribution in [0.2, 0.25) is 0 Å². The molecule has 0 saturated heterocycles. The SMILES string of the molecule is CCCn1cnc2sc(C(=O)NCc3cccnc3)c(C)c2c1=O. The highest BCUT2D eigenvalue weighted by molar-refractivity contribution is 7.20. The molecule has 1 amide bonds. The van der Waals surface area contributed by atoms with Crippen LogP contribution in [0.25, 0.3) is 10.2 Å². The van der Waals surface area contributed by atoms with E-state index in [4.69, 9.17) is 0 Å². The molecule has 124 valence electrons. The van der Waals surface area contributed by atoms with E-state index in [-0.39, 0.29) is 11.5 Å². The van der Waals surface area contributed by atoms with Gasteiger partial charge < -0.3 is 5.32 Å². The Hall–Kier alpha value is -2.54. The third-order valence-electron chi connectivity index (χ3n) is 3.76. The fourth-order valence-electron chi connectivity index (χ4n) is 2.54. The number of fused-ring (bicyclic) bond motifs is 1. The zero-order valence-electron chi connectivity index (χ0n) is 13.6. The molecule has 3 rings (SSSR count). The topological polar surface area (TPSA) is 76.9 Å². The molecule has 0 saturated carbocycles. The molecule has 24 heavy (non-hydrogen) atoms. The minimum absolute atomic E-state index is 0.0816. The number of thiophene rings is 1. The molecule has 3 aromatic heterocycles. The van der Waals surface area contributed by atoms with E-state index in [9.17, 15) is 9.59 Å². The Morgan fingerprint density at radius 2 is 2.25 bits per heavy atom. The van der Waals surface area contributed by atoms with Gasteiger partial charge in [0, 0.05) is 25.5 Å². The summed E-state index contributed by atoms with van der Waals surface area (Å²) in [5.74, 6) is -0.194. The van der Waals surface area contributed by atoms with E-state index in [0.717, 1.165) is 12.0 Å². The maximum Gasteiger partial charge on any atom is 0.262 e. The second kappa shape index (κ2) is 6.92. The summed E-state index contributed by atoms with van der Waals surface area (Å²) in [6.07, 6.45) is 5.81. The number of rotatable bonds is 5. The van der Waals surface area contributed by atoms with Crippen LogP contribution in [0.4, 0.5) is 0 Å². The number of aromatic nitrogens is 3. The van der Waals surface area contributed by atoms with E-state index < -0.39 is 0 Å². The molecule has 3 aromatic rings. The average Bonchev–Trinajstić information content (AvgIpc) is 2.94. The second-order valence-electron chi connectivity index (χ2n) is 5.52. The van der Waals surface area contributed by atoms with E-state index in [1.54, 1.807) is 30.2 Å². The first-order valence-corrected chi connectivity index (χ1v) is 8.59.